The van der Waals surface area contributed by atoms with Gasteiger partial charge in [-0.25, -0.2) is 9.78 Å². The highest BCUT2D eigenvalue weighted by molar-refractivity contribution is 7.16. The molecule has 1 saturated carbocycles. The number of nitrogens with one attached hydrogen (secondary N) is 1. The van der Waals surface area contributed by atoms with E-state index in [9.17, 15) is 9.59 Å². The van der Waals surface area contributed by atoms with Crippen molar-refractivity contribution in [2.45, 2.75) is 39.2 Å². The lowest BCUT2D eigenvalue weighted by Crippen LogP contribution is -2.32. The molecule has 0 radical (unpaired) electrons. The van der Waals surface area contributed by atoms with Crippen LogP contribution in [-0.4, -0.2) is 21.7 Å². The Labute approximate surface area is 190 Å². The van der Waals surface area contributed by atoms with Crippen LogP contribution in [0.2, 0.25) is 0 Å². The second-order valence-electron chi connectivity index (χ2n) is 8.23. The summed E-state index contributed by atoms with van der Waals surface area (Å²) in [4.78, 5) is 35.7. The molecule has 1 fully saturated rings. The van der Waals surface area contributed by atoms with E-state index in [2.05, 4.69) is 15.3 Å². The summed E-state index contributed by atoms with van der Waals surface area (Å²) in [5.74, 6) is -0.645. The number of pyridine rings is 2. The Kier molecular flexibility index (Phi) is 5.35. The molecular formula is C25H23N3O3S. The molecule has 0 bridgehead atoms. The van der Waals surface area contributed by atoms with Gasteiger partial charge in [-0.1, -0.05) is 6.07 Å². The summed E-state index contributed by atoms with van der Waals surface area (Å²) in [6.45, 7) is 3.62. The minimum Gasteiger partial charge on any atom is -0.457 e. The molecule has 32 heavy (non-hydrogen) atoms. The first-order valence-corrected chi connectivity index (χ1v) is 11.5. The van der Waals surface area contributed by atoms with Crippen molar-refractivity contribution in [2.75, 3.05) is 0 Å². The molecule has 1 N–H and O–H groups in total. The first-order chi connectivity index (χ1) is 15.5. The van der Waals surface area contributed by atoms with E-state index in [1.54, 1.807) is 25.5 Å². The maximum Gasteiger partial charge on any atom is 0.337 e. The zero-order valence-electron chi connectivity index (χ0n) is 17.9. The Balaban J connectivity index is 1.62. The van der Waals surface area contributed by atoms with E-state index in [1.165, 1.54) is 11.3 Å². The van der Waals surface area contributed by atoms with E-state index >= 15 is 0 Å². The van der Waals surface area contributed by atoms with Crippen molar-refractivity contribution >= 4 is 33.3 Å². The van der Waals surface area contributed by atoms with Crippen LogP contribution < -0.4 is 5.32 Å². The van der Waals surface area contributed by atoms with Gasteiger partial charge in [0.2, 0.25) is 0 Å². The molecule has 0 amide bonds. The molecule has 5 rings (SSSR count). The fourth-order valence-corrected chi connectivity index (χ4v) is 5.31. The van der Waals surface area contributed by atoms with Crippen LogP contribution in [0.3, 0.4) is 0 Å². The number of hydrogen-bond donors (Lipinski definition) is 1. The maximum absolute atomic E-state index is 13.5. The molecule has 2 aliphatic rings. The van der Waals surface area contributed by atoms with Crippen LogP contribution >= 0.6 is 11.3 Å². The van der Waals surface area contributed by atoms with Crippen molar-refractivity contribution in [2.24, 2.45) is 5.92 Å². The molecule has 1 aliphatic carbocycles. The van der Waals surface area contributed by atoms with Gasteiger partial charge in [0.05, 0.1) is 5.57 Å². The van der Waals surface area contributed by atoms with Gasteiger partial charge in [-0.15, -0.1) is 11.3 Å². The number of Topliss-reactive ketones (excluding diaryl/α,β-unsaturated/α-hetero) is 1. The second kappa shape index (κ2) is 8.31. The quantitative estimate of drug-likeness (QED) is 0.557. The fraction of sp³-hybridized carbons (Fsp3) is 0.280. The average molecular weight is 446 g/mol. The minimum absolute atomic E-state index is 0.0579. The molecule has 6 nitrogen and oxygen atoms in total. The van der Waals surface area contributed by atoms with E-state index < -0.39 is 11.9 Å². The summed E-state index contributed by atoms with van der Waals surface area (Å²) in [6, 6.07) is 7.53. The topological polar surface area (TPSA) is 81.2 Å². The van der Waals surface area contributed by atoms with Gasteiger partial charge in [0.1, 0.15) is 11.4 Å². The van der Waals surface area contributed by atoms with Crippen LogP contribution in [0.4, 0.5) is 0 Å². The molecule has 4 heterocycles. The summed E-state index contributed by atoms with van der Waals surface area (Å²) in [7, 11) is 0. The predicted octanol–water partition coefficient (Wildman–Crippen LogP) is 4.65. The summed E-state index contributed by atoms with van der Waals surface area (Å²) in [5.41, 5.74) is 4.64. The number of nitrogens with zero attached hydrogens (tertiary/aromatic N) is 2. The largest absolute Gasteiger partial charge is 0.457 e. The Bertz CT molecular complexity index is 1270. The number of allylic oxidation sites excluding steroid dienone is 3. The second-order valence-corrected chi connectivity index (χ2v) is 9.09. The standard InChI is InChI=1S/C25H23N3O3S/c1-14-20(15(2)29)21(19-13-32-24-18(19)4-3-9-27-24)22(23(28-14)17-5-6-17)25(30)31-12-16-7-10-26-11-8-16/h3-4,7-11,13,17,21,28H,5-6,12H2,1-2H3. The zero-order valence-corrected chi connectivity index (χ0v) is 18.7. The molecule has 7 heteroatoms. The van der Waals surface area contributed by atoms with E-state index in [0.717, 1.165) is 45.6 Å². The lowest BCUT2D eigenvalue weighted by Gasteiger charge is -2.31. The lowest BCUT2D eigenvalue weighted by atomic mass is 9.78. The van der Waals surface area contributed by atoms with Crippen molar-refractivity contribution < 1.29 is 14.3 Å². The molecule has 1 aliphatic heterocycles. The van der Waals surface area contributed by atoms with Crippen LogP contribution in [-0.2, 0) is 20.9 Å². The van der Waals surface area contributed by atoms with Gasteiger partial charge < -0.3 is 10.1 Å². The highest BCUT2D eigenvalue weighted by atomic mass is 32.1. The monoisotopic (exact) mass is 445 g/mol. The van der Waals surface area contributed by atoms with Crippen molar-refractivity contribution in [3.05, 3.63) is 81.9 Å². The van der Waals surface area contributed by atoms with Crippen LogP contribution in [0.25, 0.3) is 10.2 Å². The number of ketones is 1. The SMILES string of the molecule is CC(=O)C1=C(C)NC(C2CC2)=C(C(=O)OCc2ccncc2)C1c1csc2ncccc12. The number of fused-ring (bicyclic) bond motifs is 1. The van der Waals surface area contributed by atoms with Gasteiger partial charge in [-0.2, -0.15) is 0 Å². The maximum atomic E-state index is 13.5. The Hall–Kier alpha value is -3.32. The molecule has 3 aromatic heterocycles. The van der Waals surface area contributed by atoms with Crippen LogP contribution in [0.15, 0.2) is 70.8 Å². The summed E-state index contributed by atoms with van der Waals surface area (Å²) < 4.78 is 5.77. The van der Waals surface area contributed by atoms with E-state index in [1.807, 2.05) is 36.6 Å². The lowest BCUT2D eigenvalue weighted by molar-refractivity contribution is -0.140. The number of dihydropyridines is 1. The van der Waals surface area contributed by atoms with Crippen molar-refractivity contribution in [1.29, 1.82) is 0 Å². The Morgan fingerprint density at radius 3 is 2.66 bits per heavy atom. The number of ether oxygens (including phenoxy) is 1. The molecular weight excluding hydrogens is 422 g/mol. The van der Waals surface area contributed by atoms with Crippen LogP contribution in [0.5, 0.6) is 0 Å². The third kappa shape index (κ3) is 3.73. The third-order valence-electron chi connectivity index (χ3n) is 5.99. The predicted molar refractivity (Wildman–Crippen MR) is 123 cm³/mol. The number of carbonyl (C=O) groups is 2. The molecule has 0 spiro atoms. The number of rotatable bonds is 6. The molecule has 1 unspecified atom stereocenters. The smallest absolute Gasteiger partial charge is 0.337 e. The van der Waals surface area contributed by atoms with Gasteiger partial charge in [-0.3, -0.25) is 9.78 Å². The number of esters is 1. The van der Waals surface area contributed by atoms with Crippen LogP contribution in [0.1, 0.15) is 43.7 Å². The van der Waals surface area contributed by atoms with Gasteiger partial charge >= 0.3 is 5.97 Å². The Morgan fingerprint density at radius 2 is 1.94 bits per heavy atom. The first-order valence-electron chi connectivity index (χ1n) is 10.7. The number of carbonyl (C=O) groups excluding carboxylic acids is 2. The van der Waals surface area contributed by atoms with E-state index in [0.29, 0.717) is 11.1 Å². The van der Waals surface area contributed by atoms with Gasteiger partial charge in [0.15, 0.2) is 5.78 Å². The van der Waals surface area contributed by atoms with Gasteiger partial charge in [0, 0.05) is 46.9 Å². The highest BCUT2D eigenvalue weighted by Gasteiger charge is 2.42. The van der Waals surface area contributed by atoms with Crippen LogP contribution in [0, 0.1) is 5.92 Å². The Morgan fingerprint density at radius 1 is 1.16 bits per heavy atom. The van der Waals surface area contributed by atoms with Gasteiger partial charge in [0.25, 0.3) is 0 Å². The normalized spacial score (nSPS) is 18.6. The number of aromatic nitrogens is 2. The summed E-state index contributed by atoms with van der Waals surface area (Å²) in [6.07, 6.45) is 7.14. The van der Waals surface area contributed by atoms with E-state index in [4.69, 9.17) is 4.74 Å². The molecule has 3 aromatic rings. The number of hydrogen-bond acceptors (Lipinski definition) is 7. The van der Waals surface area contributed by atoms with Crippen molar-refractivity contribution in [1.82, 2.24) is 15.3 Å². The number of thiophene rings is 1. The van der Waals surface area contributed by atoms with Gasteiger partial charge in [-0.05, 0) is 67.3 Å². The molecule has 1 atom stereocenters. The van der Waals surface area contributed by atoms with E-state index in [-0.39, 0.29) is 18.3 Å². The third-order valence-corrected chi connectivity index (χ3v) is 6.91. The summed E-state index contributed by atoms with van der Waals surface area (Å²) in [5, 5.41) is 6.38. The molecule has 162 valence electrons. The minimum atomic E-state index is -0.479. The summed E-state index contributed by atoms with van der Waals surface area (Å²) >= 11 is 1.52. The highest BCUT2D eigenvalue weighted by Crippen LogP contribution is 2.48. The molecule has 0 saturated heterocycles. The first kappa shape index (κ1) is 20.6. The average Bonchev–Trinajstić information content (AvgIpc) is 3.56. The zero-order chi connectivity index (χ0) is 22.2. The molecule has 0 aromatic carbocycles. The van der Waals surface area contributed by atoms with Crippen molar-refractivity contribution in [3.8, 4) is 0 Å². The fourth-order valence-electron chi connectivity index (χ4n) is 4.37. The van der Waals surface area contributed by atoms with Crippen molar-refractivity contribution in [3.63, 3.8) is 0 Å².